The Kier molecular flexibility index (Phi) is 3.19. The Morgan fingerprint density at radius 2 is 2.14 bits per heavy atom. The van der Waals surface area contributed by atoms with Crippen LogP contribution in [0.3, 0.4) is 0 Å². The van der Waals surface area contributed by atoms with Crippen LogP contribution in [0.4, 0.5) is 4.39 Å². The molecule has 0 unspecified atom stereocenters. The molecule has 4 heteroatoms. The maximum atomic E-state index is 13.0. The molecule has 0 bridgehead atoms. The van der Waals surface area contributed by atoms with Gasteiger partial charge in [0.05, 0.1) is 5.56 Å². The van der Waals surface area contributed by atoms with E-state index in [9.17, 15) is 9.18 Å². The number of carboxylic acid groups (broad SMARTS) is 1. The number of hydrogen-bond donors (Lipinski definition) is 1. The number of nitrogens with zero attached hydrogens (tertiary/aromatic N) is 1. The predicted molar refractivity (Wildman–Crippen MR) is 50.8 cm³/mol. The van der Waals surface area contributed by atoms with Gasteiger partial charge in [-0.1, -0.05) is 6.07 Å². The van der Waals surface area contributed by atoms with Crippen LogP contribution in [0.15, 0.2) is 18.2 Å². The average Bonchev–Trinajstić information content (AvgIpc) is 2.07. The smallest absolute Gasteiger partial charge is 0.338 e. The van der Waals surface area contributed by atoms with E-state index in [1.165, 1.54) is 12.1 Å². The zero-order valence-corrected chi connectivity index (χ0v) is 8.12. The molecule has 0 saturated carbocycles. The van der Waals surface area contributed by atoms with Gasteiger partial charge in [-0.3, -0.25) is 0 Å². The fourth-order valence-corrected chi connectivity index (χ4v) is 1.20. The van der Waals surface area contributed by atoms with E-state index in [1.807, 2.05) is 19.0 Å². The van der Waals surface area contributed by atoms with Crippen LogP contribution in [0.2, 0.25) is 0 Å². The largest absolute Gasteiger partial charge is 0.478 e. The van der Waals surface area contributed by atoms with Gasteiger partial charge in [-0.25, -0.2) is 9.18 Å². The first kappa shape index (κ1) is 10.7. The highest BCUT2D eigenvalue weighted by molar-refractivity contribution is 5.88. The monoisotopic (exact) mass is 197 g/mol. The molecule has 0 aliphatic heterocycles. The predicted octanol–water partition coefficient (Wildman–Crippen LogP) is 1.59. The van der Waals surface area contributed by atoms with Crippen molar-refractivity contribution >= 4 is 5.97 Å². The lowest BCUT2D eigenvalue weighted by Crippen LogP contribution is -2.11. The minimum atomic E-state index is -1.23. The van der Waals surface area contributed by atoms with E-state index in [2.05, 4.69) is 0 Å². The second-order valence-electron chi connectivity index (χ2n) is 3.36. The van der Waals surface area contributed by atoms with Gasteiger partial charge in [0.1, 0.15) is 5.82 Å². The number of carbonyl (C=O) groups is 1. The highest BCUT2D eigenvalue weighted by Gasteiger charge is 2.10. The van der Waals surface area contributed by atoms with Crippen molar-refractivity contribution in [3.05, 3.63) is 35.1 Å². The van der Waals surface area contributed by atoms with E-state index < -0.39 is 11.8 Å². The first-order chi connectivity index (χ1) is 6.50. The molecule has 76 valence electrons. The number of carboxylic acids is 1. The van der Waals surface area contributed by atoms with Crippen LogP contribution in [-0.4, -0.2) is 30.1 Å². The molecular formula is C10H12FNO2. The number of hydrogen-bond acceptors (Lipinski definition) is 2. The van der Waals surface area contributed by atoms with E-state index in [0.717, 1.165) is 5.56 Å². The summed E-state index contributed by atoms with van der Waals surface area (Å²) in [6.07, 6.45) is 0. The van der Waals surface area contributed by atoms with E-state index in [0.29, 0.717) is 6.54 Å². The Hall–Kier alpha value is -1.42. The van der Waals surface area contributed by atoms with Crippen LogP contribution in [0.25, 0.3) is 0 Å². The quantitative estimate of drug-likeness (QED) is 0.799. The lowest BCUT2D eigenvalue weighted by molar-refractivity contribution is 0.0691. The highest BCUT2D eigenvalue weighted by Crippen LogP contribution is 2.11. The van der Waals surface area contributed by atoms with E-state index in [1.54, 1.807) is 6.07 Å². The first-order valence-corrected chi connectivity index (χ1v) is 4.17. The van der Waals surface area contributed by atoms with Gasteiger partial charge in [-0.2, -0.15) is 0 Å². The van der Waals surface area contributed by atoms with Gasteiger partial charge in [-0.05, 0) is 31.8 Å². The molecule has 0 fully saturated rings. The summed E-state index contributed by atoms with van der Waals surface area (Å²) in [5.74, 6) is -1.93. The summed E-state index contributed by atoms with van der Waals surface area (Å²) in [6, 6.07) is 4.13. The van der Waals surface area contributed by atoms with Crippen molar-refractivity contribution in [3.8, 4) is 0 Å². The van der Waals surface area contributed by atoms with Crippen molar-refractivity contribution in [2.75, 3.05) is 14.1 Å². The molecule has 1 rings (SSSR count). The lowest BCUT2D eigenvalue weighted by Gasteiger charge is -2.10. The molecule has 14 heavy (non-hydrogen) atoms. The SMILES string of the molecule is CN(C)Cc1ccc(F)c(C(=O)O)c1. The number of aromatic carboxylic acids is 1. The minimum absolute atomic E-state index is 0.274. The van der Waals surface area contributed by atoms with Crippen LogP contribution >= 0.6 is 0 Å². The molecule has 0 saturated heterocycles. The maximum absolute atomic E-state index is 13.0. The minimum Gasteiger partial charge on any atom is -0.478 e. The van der Waals surface area contributed by atoms with Crippen LogP contribution in [-0.2, 0) is 6.54 Å². The Morgan fingerprint density at radius 1 is 1.50 bits per heavy atom. The van der Waals surface area contributed by atoms with E-state index >= 15 is 0 Å². The standard InChI is InChI=1S/C10H12FNO2/c1-12(2)6-7-3-4-9(11)8(5-7)10(13)14/h3-5H,6H2,1-2H3,(H,13,14). The Bertz CT molecular complexity index is 350. The van der Waals surface area contributed by atoms with Crippen LogP contribution in [0, 0.1) is 5.82 Å². The molecule has 0 aromatic heterocycles. The molecule has 0 radical (unpaired) electrons. The molecule has 1 aromatic rings. The number of rotatable bonds is 3. The molecule has 0 spiro atoms. The lowest BCUT2D eigenvalue weighted by atomic mass is 10.1. The van der Waals surface area contributed by atoms with Crippen molar-refractivity contribution in [2.24, 2.45) is 0 Å². The van der Waals surface area contributed by atoms with Crippen molar-refractivity contribution in [2.45, 2.75) is 6.54 Å². The Balaban J connectivity index is 3.00. The van der Waals surface area contributed by atoms with Crippen LogP contribution in [0.1, 0.15) is 15.9 Å². The third kappa shape index (κ3) is 2.53. The summed E-state index contributed by atoms with van der Waals surface area (Å²) in [5.41, 5.74) is 0.512. The van der Waals surface area contributed by atoms with Crippen molar-refractivity contribution in [1.82, 2.24) is 4.90 Å². The second-order valence-corrected chi connectivity index (χ2v) is 3.36. The summed E-state index contributed by atoms with van der Waals surface area (Å²) < 4.78 is 13.0. The van der Waals surface area contributed by atoms with Gasteiger partial charge in [0, 0.05) is 6.54 Å². The Labute approximate surface area is 81.8 Å². The topological polar surface area (TPSA) is 40.5 Å². The van der Waals surface area contributed by atoms with Crippen molar-refractivity contribution in [3.63, 3.8) is 0 Å². The molecule has 0 aliphatic carbocycles. The third-order valence-electron chi connectivity index (χ3n) is 1.76. The normalized spacial score (nSPS) is 10.6. The second kappa shape index (κ2) is 4.19. The summed E-state index contributed by atoms with van der Waals surface area (Å²) in [6.45, 7) is 0.598. The molecule has 0 atom stereocenters. The fraction of sp³-hybridized carbons (Fsp3) is 0.300. The van der Waals surface area contributed by atoms with Gasteiger partial charge in [0.15, 0.2) is 0 Å². The summed E-state index contributed by atoms with van der Waals surface area (Å²) in [5, 5.41) is 8.67. The number of benzene rings is 1. The summed E-state index contributed by atoms with van der Waals surface area (Å²) >= 11 is 0. The molecule has 1 N–H and O–H groups in total. The molecule has 0 heterocycles. The average molecular weight is 197 g/mol. The summed E-state index contributed by atoms with van der Waals surface area (Å²) in [4.78, 5) is 12.5. The molecule has 0 aliphatic rings. The fourth-order valence-electron chi connectivity index (χ4n) is 1.20. The maximum Gasteiger partial charge on any atom is 0.338 e. The van der Waals surface area contributed by atoms with E-state index in [-0.39, 0.29) is 5.56 Å². The first-order valence-electron chi connectivity index (χ1n) is 4.17. The molecule has 0 amide bonds. The van der Waals surface area contributed by atoms with Crippen LogP contribution in [0.5, 0.6) is 0 Å². The Morgan fingerprint density at radius 3 is 2.64 bits per heavy atom. The third-order valence-corrected chi connectivity index (χ3v) is 1.76. The van der Waals surface area contributed by atoms with Crippen molar-refractivity contribution < 1.29 is 14.3 Å². The van der Waals surface area contributed by atoms with Gasteiger partial charge in [0.25, 0.3) is 0 Å². The summed E-state index contributed by atoms with van der Waals surface area (Å²) in [7, 11) is 3.73. The number of halogens is 1. The zero-order chi connectivity index (χ0) is 10.7. The van der Waals surface area contributed by atoms with Gasteiger partial charge < -0.3 is 10.0 Å². The van der Waals surface area contributed by atoms with Crippen LogP contribution < -0.4 is 0 Å². The zero-order valence-electron chi connectivity index (χ0n) is 8.12. The molecule has 3 nitrogen and oxygen atoms in total. The highest BCUT2D eigenvalue weighted by atomic mass is 19.1. The molecular weight excluding hydrogens is 185 g/mol. The van der Waals surface area contributed by atoms with Gasteiger partial charge in [0.2, 0.25) is 0 Å². The van der Waals surface area contributed by atoms with Crippen molar-refractivity contribution in [1.29, 1.82) is 0 Å². The van der Waals surface area contributed by atoms with Gasteiger partial charge >= 0.3 is 5.97 Å². The molecule has 1 aromatic carbocycles. The van der Waals surface area contributed by atoms with Gasteiger partial charge in [-0.15, -0.1) is 0 Å². The van der Waals surface area contributed by atoms with E-state index in [4.69, 9.17) is 5.11 Å².